The number of carboxylic acids is 1. The number of nitrogens with zero attached hydrogens (tertiary/aromatic N) is 3. The monoisotopic (exact) mass is 439 g/mol. The first-order valence-electron chi connectivity index (χ1n) is 10.5. The number of nitrogens with two attached hydrogens (primary N) is 1. The smallest absolute Gasteiger partial charge is 0.336 e. The van der Waals surface area contributed by atoms with Gasteiger partial charge in [-0.2, -0.15) is 5.10 Å². The molecule has 0 spiro atoms. The molecule has 0 amide bonds. The number of aromatic nitrogens is 3. The molecule has 8 nitrogen and oxygen atoms in total. The van der Waals surface area contributed by atoms with Crippen LogP contribution in [0.1, 0.15) is 59.1 Å². The molecule has 1 aliphatic carbocycles. The number of ether oxygens (including phenoxy) is 1. The van der Waals surface area contributed by atoms with E-state index < -0.39 is 17.9 Å². The van der Waals surface area contributed by atoms with Gasteiger partial charge in [-0.3, -0.25) is 4.68 Å². The van der Waals surface area contributed by atoms with Crippen molar-refractivity contribution in [3.63, 3.8) is 0 Å². The van der Waals surface area contributed by atoms with Crippen molar-refractivity contribution in [2.24, 2.45) is 7.05 Å². The van der Waals surface area contributed by atoms with Crippen LogP contribution in [0.25, 0.3) is 11.1 Å². The lowest BCUT2D eigenvalue weighted by atomic mass is 10.0. The van der Waals surface area contributed by atoms with Gasteiger partial charge in [0.2, 0.25) is 0 Å². The lowest BCUT2D eigenvalue weighted by Crippen LogP contribution is -2.12. The van der Waals surface area contributed by atoms with Gasteiger partial charge in [0.05, 0.1) is 17.0 Å². The molecule has 0 saturated heterocycles. The van der Waals surface area contributed by atoms with Gasteiger partial charge in [-0.05, 0) is 45.0 Å². The summed E-state index contributed by atoms with van der Waals surface area (Å²) in [4.78, 5) is 15.9. The van der Waals surface area contributed by atoms with Crippen LogP contribution < -0.4 is 15.8 Å². The first kappa shape index (κ1) is 21.8. The average Bonchev–Trinajstić information content (AvgIpc) is 3.54. The molecule has 2 aromatic heterocycles. The number of aromatic carboxylic acids is 1. The predicted molar refractivity (Wildman–Crippen MR) is 118 cm³/mol. The Labute approximate surface area is 185 Å². The average molecular weight is 439 g/mol. The summed E-state index contributed by atoms with van der Waals surface area (Å²) in [5, 5.41) is 17.4. The van der Waals surface area contributed by atoms with E-state index in [0.717, 1.165) is 41.4 Å². The number of anilines is 1. The Morgan fingerprint density at radius 1 is 1.41 bits per heavy atom. The predicted octanol–water partition coefficient (Wildman–Crippen LogP) is 3.64. The minimum absolute atomic E-state index is 0.153. The van der Waals surface area contributed by atoms with Crippen molar-refractivity contribution in [2.45, 2.75) is 38.3 Å². The van der Waals surface area contributed by atoms with E-state index in [1.54, 1.807) is 13.1 Å². The fraction of sp³-hybridized carbons (Fsp3) is 0.348. The molecule has 1 atom stereocenters. The number of hydrogen-bond acceptors (Lipinski definition) is 6. The normalized spacial score (nSPS) is 14.4. The van der Waals surface area contributed by atoms with Crippen LogP contribution in [0.4, 0.5) is 10.2 Å². The fourth-order valence-electron chi connectivity index (χ4n) is 3.92. The number of carbonyl (C=O) groups is 1. The number of aryl methyl sites for hydroxylation is 1. The molecule has 168 valence electrons. The topological polar surface area (TPSA) is 115 Å². The van der Waals surface area contributed by atoms with E-state index in [-0.39, 0.29) is 11.4 Å². The summed E-state index contributed by atoms with van der Waals surface area (Å²) in [6.45, 7) is 2.33. The van der Waals surface area contributed by atoms with Gasteiger partial charge in [0, 0.05) is 42.4 Å². The zero-order valence-electron chi connectivity index (χ0n) is 18.2. The van der Waals surface area contributed by atoms with Crippen LogP contribution in [0.3, 0.4) is 0 Å². The maximum absolute atomic E-state index is 13.6. The van der Waals surface area contributed by atoms with Crippen molar-refractivity contribution in [3.05, 3.63) is 58.8 Å². The standard InChI is InChI=1S/C23H26FN5O3/c1-12(16-7-6-15(24)9-17(16)23(30)31)32-19-8-14(10-27-22(19)25)20-18(11-26-2)29(3)28-21(20)13-4-5-13/h6-10,12-13,26H,4-5,11H2,1-3H3,(H2,25,27)(H,30,31). The largest absolute Gasteiger partial charge is 0.482 e. The summed E-state index contributed by atoms with van der Waals surface area (Å²) >= 11 is 0. The van der Waals surface area contributed by atoms with Crippen LogP contribution in [0.5, 0.6) is 5.75 Å². The first-order valence-corrected chi connectivity index (χ1v) is 10.5. The van der Waals surface area contributed by atoms with Crippen LogP contribution in [-0.4, -0.2) is 32.9 Å². The summed E-state index contributed by atoms with van der Waals surface area (Å²) in [6.07, 6.45) is 3.23. The second-order valence-electron chi connectivity index (χ2n) is 8.04. The Morgan fingerprint density at radius 2 is 2.16 bits per heavy atom. The molecule has 1 fully saturated rings. The number of hydrogen-bond donors (Lipinski definition) is 3. The number of pyridine rings is 1. The summed E-state index contributed by atoms with van der Waals surface area (Å²) < 4.78 is 21.5. The van der Waals surface area contributed by atoms with Crippen molar-refractivity contribution in [1.82, 2.24) is 20.1 Å². The van der Waals surface area contributed by atoms with Gasteiger partial charge in [-0.15, -0.1) is 0 Å². The number of nitrogen functional groups attached to an aromatic ring is 1. The molecule has 0 bridgehead atoms. The number of rotatable bonds is 8. The van der Waals surface area contributed by atoms with Crippen LogP contribution >= 0.6 is 0 Å². The van der Waals surface area contributed by atoms with E-state index in [0.29, 0.717) is 23.8 Å². The minimum Gasteiger partial charge on any atom is -0.482 e. The second kappa shape index (κ2) is 8.58. The molecule has 1 unspecified atom stereocenters. The third-order valence-corrected chi connectivity index (χ3v) is 5.66. The van der Waals surface area contributed by atoms with Gasteiger partial charge in [0.25, 0.3) is 0 Å². The van der Waals surface area contributed by atoms with E-state index in [1.165, 1.54) is 12.1 Å². The summed E-state index contributed by atoms with van der Waals surface area (Å²) in [5.74, 6) is -0.901. The quantitative estimate of drug-likeness (QED) is 0.491. The van der Waals surface area contributed by atoms with E-state index in [2.05, 4.69) is 10.3 Å². The van der Waals surface area contributed by atoms with Gasteiger partial charge >= 0.3 is 5.97 Å². The fourth-order valence-corrected chi connectivity index (χ4v) is 3.92. The Balaban J connectivity index is 1.72. The molecule has 9 heteroatoms. The third-order valence-electron chi connectivity index (χ3n) is 5.66. The molecule has 3 aromatic rings. The van der Waals surface area contributed by atoms with Crippen molar-refractivity contribution in [1.29, 1.82) is 0 Å². The van der Waals surface area contributed by atoms with E-state index in [1.807, 2.05) is 24.8 Å². The highest BCUT2D eigenvalue weighted by Gasteiger charge is 2.32. The van der Waals surface area contributed by atoms with E-state index in [9.17, 15) is 14.3 Å². The number of nitrogens with one attached hydrogen (secondary N) is 1. The van der Waals surface area contributed by atoms with Crippen LogP contribution in [0.15, 0.2) is 30.5 Å². The third kappa shape index (κ3) is 4.16. The molecule has 4 rings (SSSR count). The summed E-state index contributed by atoms with van der Waals surface area (Å²) in [6, 6.07) is 5.41. The Hall–Kier alpha value is -3.46. The van der Waals surface area contributed by atoms with Crippen LogP contribution in [0, 0.1) is 5.82 Å². The molecule has 4 N–H and O–H groups in total. The van der Waals surface area contributed by atoms with Crippen LogP contribution in [-0.2, 0) is 13.6 Å². The van der Waals surface area contributed by atoms with E-state index >= 15 is 0 Å². The van der Waals surface area contributed by atoms with Gasteiger partial charge in [0.15, 0.2) is 11.6 Å². The molecule has 0 aliphatic heterocycles. The molecule has 1 aliphatic rings. The first-order chi connectivity index (χ1) is 15.3. The Kier molecular flexibility index (Phi) is 5.84. The van der Waals surface area contributed by atoms with E-state index in [4.69, 9.17) is 15.6 Å². The van der Waals surface area contributed by atoms with Gasteiger partial charge < -0.3 is 20.9 Å². The van der Waals surface area contributed by atoms with Crippen molar-refractivity contribution < 1.29 is 19.0 Å². The molecular formula is C23H26FN5O3. The van der Waals surface area contributed by atoms with Gasteiger partial charge in [-0.25, -0.2) is 14.2 Å². The Bertz CT molecular complexity index is 1170. The van der Waals surface area contributed by atoms with Crippen molar-refractivity contribution in [2.75, 3.05) is 12.8 Å². The molecule has 0 radical (unpaired) electrons. The Morgan fingerprint density at radius 3 is 2.81 bits per heavy atom. The molecular weight excluding hydrogens is 413 g/mol. The maximum atomic E-state index is 13.6. The number of halogens is 1. The highest BCUT2D eigenvalue weighted by Crippen LogP contribution is 2.45. The zero-order valence-corrected chi connectivity index (χ0v) is 18.2. The lowest BCUT2D eigenvalue weighted by molar-refractivity contribution is 0.0691. The molecule has 1 saturated carbocycles. The number of benzene rings is 1. The van der Waals surface area contributed by atoms with Crippen LogP contribution in [0.2, 0.25) is 0 Å². The van der Waals surface area contributed by atoms with Gasteiger partial charge in [0.1, 0.15) is 11.9 Å². The zero-order chi connectivity index (χ0) is 23.0. The highest BCUT2D eigenvalue weighted by molar-refractivity contribution is 5.89. The molecule has 32 heavy (non-hydrogen) atoms. The number of carboxylic acid groups (broad SMARTS) is 1. The minimum atomic E-state index is -1.23. The van der Waals surface area contributed by atoms with Crippen molar-refractivity contribution >= 4 is 11.8 Å². The summed E-state index contributed by atoms with van der Waals surface area (Å²) in [7, 11) is 3.81. The van der Waals surface area contributed by atoms with Gasteiger partial charge in [-0.1, -0.05) is 6.07 Å². The highest BCUT2D eigenvalue weighted by atomic mass is 19.1. The molecule has 1 aromatic carbocycles. The SMILES string of the molecule is CNCc1c(-c2cnc(N)c(OC(C)c3ccc(F)cc3C(=O)O)c2)c(C2CC2)nn1C. The molecule has 2 heterocycles. The summed E-state index contributed by atoms with van der Waals surface area (Å²) in [5.41, 5.74) is 10.2. The lowest BCUT2D eigenvalue weighted by Gasteiger charge is -2.19. The second-order valence-corrected chi connectivity index (χ2v) is 8.04. The van der Waals surface area contributed by atoms with Crippen molar-refractivity contribution in [3.8, 4) is 16.9 Å². The maximum Gasteiger partial charge on any atom is 0.336 e.